The fourth-order valence-corrected chi connectivity index (χ4v) is 10.7. The van der Waals surface area contributed by atoms with E-state index in [1.54, 1.807) is 36.7 Å². The zero-order valence-corrected chi connectivity index (χ0v) is 43.9. The van der Waals surface area contributed by atoms with Gasteiger partial charge in [-0.25, -0.2) is 18.7 Å². The van der Waals surface area contributed by atoms with Gasteiger partial charge >= 0.3 is 0 Å². The minimum atomic E-state index is -1.25. The minimum absolute atomic E-state index is 0.0888. The number of nitrogens with zero attached hydrogens (tertiary/aromatic N) is 2. The number of aliphatic hydroxyl groups excluding tert-OH is 2. The Labute approximate surface area is 433 Å². The van der Waals surface area contributed by atoms with Crippen LogP contribution in [0, 0.1) is 10.8 Å². The maximum Gasteiger partial charge on any atom is 0.220 e. The highest BCUT2D eigenvalue weighted by Crippen LogP contribution is 2.51. The number of fused-ring (bicyclic) bond motifs is 2. The molecule has 0 radical (unpaired) electrons. The number of aliphatic hydroxyl groups is 2. The number of hydrogen-bond donors (Lipinski definition) is 6. The molecule has 72 heavy (non-hydrogen) atoms. The summed E-state index contributed by atoms with van der Waals surface area (Å²) in [5, 5.41) is 37.9. The van der Waals surface area contributed by atoms with E-state index < -0.39 is 59.3 Å². The molecule has 12 nitrogen and oxygen atoms in total. The van der Waals surface area contributed by atoms with Crippen molar-refractivity contribution in [2.45, 2.75) is 179 Å². The van der Waals surface area contributed by atoms with E-state index in [1.165, 1.54) is 0 Å². The number of carbonyl (C=O) groups excluding carboxylic acids is 2. The number of alkyl halides is 2. The summed E-state index contributed by atoms with van der Waals surface area (Å²) in [4.78, 5) is 36.8. The van der Waals surface area contributed by atoms with E-state index in [-0.39, 0.29) is 62.1 Å². The molecule has 2 amide bonds. The molecule has 16 heteroatoms. The Morgan fingerprint density at radius 1 is 0.653 bits per heavy atom. The van der Waals surface area contributed by atoms with Gasteiger partial charge in [-0.3, -0.25) is 9.59 Å². The molecule has 2 aliphatic heterocycles. The monoisotopic (exact) mass is 1030 g/mol. The SMILES string of the molecule is CC(C)(C)[C@H](F)c1cnc2c(c1)[C@@H](NC[C@H](O)[C@H](Cc1ccc(Cl)cc1)NC(=O)CCC(=O)N[C@@H](Cc1ccc(Cl)cc1)[C@@H](O)CN[C@H]1CC3(CCC3)Oc3ncc([C@H](F)C(C)(C)C)cc31)CC1(CCC1)O2. The second-order valence-corrected chi connectivity index (χ2v) is 23.9. The van der Waals surface area contributed by atoms with Crippen LogP contribution >= 0.6 is 23.2 Å². The lowest BCUT2D eigenvalue weighted by Crippen LogP contribution is -2.53. The Morgan fingerprint density at radius 2 is 1.01 bits per heavy atom. The topological polar surface area (TPSA) is 167 Å². The Bertz CT molecular complexity index is 2340. The van der Waals surface area contributed by atoms with Gasteiger partial charge in [0.1, 0.15) is 23.5 Å². The first-order valence-corrected chi connectivity index (χ1v) is 26.4. The quantitative estimate of drug-likeness (QED) is 0.0532. The van der Waals surface area contributed by atoms with Crippen LogP contribution in [0.2, 0.25) is 10.0 Å². The lowest BCUT2D eigenvalue weighted by molar-refractivity contribution is -0.128. The molecule has 8 atom stereocenters. The number of carbonyl (C=O) groups is 2. The molecule has 0 unspecified atom stereocenters. The minimum Gasteiger partial charge on any atom is -0.471 e. The van der Waals surface area contributed by atoms with Gasteiger partial charge in [0.25, 0.3) is 0 Å². The number of rotatable bonds is 19. The van der Waals surface area contributed by atoms with Crippen molar-refractivity contribution in [2.24, 2.45) is 10.8 Å². The Morgan fingerprint density at radius 3 is 1.33 bits per heavy atom. The molecule has 2 aromatic carbocycles. The average Bonchev–Trinajstić information content (AvgIpc) is 3.32. The number of benzene rings is 2. The van der Waals surface area contributed by atoms with Crippen molar-refractivity contribution in [3.8, 4) is 11.8 Å². The third kappa shape index (κ3) is 13.1. The molecule has 2 fully saturated rings. The summed E-state index contributed by atoms with van der Waals surface area (Å²) in [5.41, 5.74) is 2.03. The molecule has 2 aromatic heterocycles. The van der Waals surface area contributed by atoms with Crippen molar-refractivity contribution >= 4 is 35.0 Å². The van der Waals surface area contributed by atoms with Crippen molar-refractivity contribution in [3.63, 3.8) is 0 Å². The van der Waals surface area contributed by atoms with Crippen LogP contribution in [0.15, 0.2) is 73.1 Å². The van der Waals surface area contributed by atoms with Gasteiger partial charge in [0.05, 0.1) is 24.3 Å². The molecular formula is C56H72Cl2F2N6O6. The fourth-order valence-electron chi connectivity index (χ4n) is 10.4. The van der Waals surface area contributed by atoms with Gasteiger partial charge < -0.3 is 41.0 Å². The van der Waals surface area contributed by atoms with Gasteiger partial charge in [-0.1, -0.05) is 89.0 Å². The van der Waals surface area contributed by atoms with Crippen LogP contribution in [0.5, 0.6) is 11.8 Å². The van der Waals surface area contributed by atoms with Gasteiger partial charge in [-0.15, -0.1) is 0 Å². The van der Waals surface area contributed by atoms with Crippen LogP contribution in [0.25, 0.3) is 0 Å². The van der Waals surface area contributed by atoms with Crippen molar-refractivity contribution in [1.82, 2.24) is 31.2 Å². The zero-order valence-electron chi connectivity index (χ0n) is 42.4. The molecule has 2 saturated carbocycles. The summed E-state index contributed by atoms with van der Waals surface area (Å²) in [7, 11) is 0. The fraction of sp³-hybridized carbons (Fsp3) is 0.571. The highest BCUT2D eigenvalue weighted by molar-refractivity contribution is 6.30. The third-order valence-corrected chi connectivity index (χ3v) is 15.6. The molecule has 390 valence electrons. The molecule has 0 saturated heterocycles. The van der Waals surface area contributed by atoms with Crippen molar-refractivity contribution < 1.29 is 38.1 Å². The number of nitrogens with one attached hydrogen (secondary N) is 4. The zero-order chi connectivity index (χ0) is 51.6. The van der Waals surface area contributed by atoms with Gasteiger partial charge in [0.15, 0.2) is 0 Å². The predicted octanol–water partition coefficient (Wildman–Crippen LogP) is 10.2. The van der Waals surface area contributed by atoms with Gasteiger partial charge in [-0.2, -0.15) is 0 Å². The molecule has 4 aliphatic rings. The summed E-state index contributed by atoms with van der Waals surface area (Å²) in [6.45, 7) is 11.2. The molecular weight excluding hydrogens is 962 g/mol. The summed E-state index contributed by atoms with van der Waals surface area (Å²) >= 11 is 12.4. The number of pyridine rings is 2. The lowest BCUT2D eigenvalue weighted by atomic mass is 9.73. The predicted molar refractivity (Wildman–Crippen MR) is 276 cm³/mol. The van der Waals surface area contributed by atoms with Crippen molar-refractivity contribution in [3.05, 3.63) is 116 Å². The summed E-state index contributed by atoms with van der Waals surface area (Å²) in [6.07, 6.45) is 5.42. The highest BCUT2D eigenvalue weighted by atomic mass is 35.5. The Kier molecular flexibility index (Phi) is 16.6. The first-order valence-electron chi connectivity index (χ1n) is 25.6. The van der Waals surface area contributed by atoms with Gasteiger partial charge in [0, 0.05) is 95.5 Å². The highest BCUT2D eigenvalue weighted by Gasteiger charge is 2.48. The molecule has 2 spiro atoms. The number of amides is 2. The summed E-state index contributed by atoms with van der Waals surface area (Å²) in [5.74, 6) is 0.0573. The Hall–Kier alpha value is -4.44. The van der Waals surface area contributed by atoms with Crippen LogP contribution in [0.4, 0.5) is 8.78 Å². The van der Waals surface area contributed by atoms with Crippen molar-refractivity contribution in [2.75, 3.05) is 13.1 Å². The maximum atomic E-state index is 15.6. The number of ether oxygens (including phenoxy) is 2. The van der Waals surface area contributed by atoms with Gasteiger partial charge in [0.2, 0.25) is 23.6 Å². The van der Waals surface area contributed by atoms with Crippen molar-refractivity contribution in [1.29, 1.82) is 0 Å². The van der Waals surface area contributed by atoms with E-state index in [0.29, 0.717) is 45.8 Å². The Balaban J connectivity index is 0.928. The third-order valence-electron chi connectivity index (χ3n) is 15.1. The largest absolute Gasteiger partial charge is 0.471 e. The smallest absolute Gasteiger partial charge is 0.220 e. The van der Waals surface area contributed by atoms with E-state index in [9.17, 15) is 19.8 Å². The first kappa shape index (κ1) is 53.8. The second-order valence-electron chi connectivity index (χ2n) is 23.0. The number of aromatic nitrogens is 2. The lowest BCUT2D eigenvalue weighted by Gasteiger charge is -2.47. The molecule has 6 N–H and O–H groups in total. The van der Waals surface area contributed by atoms with Crippen LogP contribution in [0.1, 0.15) is 164 Å². The number of halogens is 4. The summed E-state index contributed by atoms with van der Waals surface area (Å²) in [6, 6.07) is 15.9. The van der Waals surface area contributed by atoms with E-state index in [1.807, 2.05) is 77.9 Å². The first-order chi connectivity index (χ1) is 34.1. The molecule has 0 bridgehead atoms. The average molecular weight is 1030 g/mol. The maximum absolute atomic E-state index is 15.6. The van der Waals surface area contributed by atoms with E-state index in [4.69, 9.17) is 32.7 Å². The number of hydrogen-bond acceptors (Lipinski definition) is 10. The summed E-state index contributed by atoms with van der Waals surface area (Å²) < 4.78 is 44.1. The van der Waals surface area contributed by atoms with Crippen LogP contribution in [0.3, 0.4) is 0 Å². The molecule has 4 heterocycles. The van der Waals surface area contributed by atoms with Crippen LogP contribution in [-0.4, -0.2) is 80.6 Å². The van der Waals surface area contributed by atoms with Crippen LogP contribution < -0.4 is 30.7 Å². The molecule has 2 aliphatic carbocycles. The molecule has 8 rings (SSSR count). The van der Waals surface area contributed by atoms with Gasteiger partial charge in [-0.05, 0) is 110 Å². The van der Waals surface area contributed by atoms with Crippen LogP contribution in [-0.2, 0) is 22.4 Å². The molecule has 4 aromatic rings. The second kappa shape index (κ2) is 22.2. The van der Waals surface area contributed by atoms with E-state index in [0.717, 1.165) is 60.8 Å². The van der Waals surface area contributed by atoms with E-state index in [2.05, 4.69) is 31.2 Å². The standard InChI is InChI=1S/C56H72Cl2F2N6O6/c1-53(2,3)49(59)35-25-39-43(27-55(19-7-20-55)71-51(39)63-29-35)61-31-45(67)41(23-33-9-13-37(57)14-10-33)65-47(69)17-18-48(70)66-42(24-34-11-15-38(58)16-12-34)46(68)32-62-44-28-56(21-8-22-56)72-52-40(44)26-36(30-64-52)50(60)54(4,5)6/h9-16,25-26,29-30,41-46,49-50,61-62,67-68H,7-8,17-24,27-28,31-32H2,1-6H3,(H,65,69)(H,66,70)/t41-,42-,43-,44-,45-,46-,49-,50+/m0/s1. The normalized spacial score (nSPS) is 21.3. The van der Waals surface area contributed by atoms with E-state index >= 15 is 8.78 Å².